The molecule has 0 aromatic heterocycles. The van der Waals surface area contributed by atoms with E-state index in [1.165, 1.54) is 18.2 Å². The standard InChI is InChI=1S/C14H18N2O4/c15-11-7-3-2-6-20-13(7)12(11)16-14(19)10-8(17)4-1-5-9(10)18/h1,4-5,7,11-13,17-18H,2-3,6,15H2,(H,16,19). The molecule has 0 bridgehead atoms. The number of hydrogen-bond donors (Lipinski definition) is 4. The number of rotatable bonds is 2. The molecule has 1 aliphatic carbocycles. The van der Waals surface area contributed by atoms with Crippen LogP contribution >= 0.6 is 0 Å². The van der Waals surface area contributed by atoms with Gasteiger partial charge in [0, 0.05) is 18.6 Å². The van der Waals surface area contributed by atoms with Crippen molar-refractivity contribution >= 4 is 5.91 Å². The van der Waals surface area contributed by atoms with Gasteiger partial charge in [-0.05, 0) is 25.0 Å². The number of phenolic OH excluding ortho intramolecular Hbond substituents is 2. The Hall–Kier alpha value is -1.79. The van der Waals surface area contributed by atoms with Crippen LogP contribution in [0.5, 0.6) is 11.5 Å². The summed E-state index contributed by atoms with van der Waals surface area (Å²) in [6.45, 7) is 0.683. The Morgan fingerprint density at radius 2 is 2.05 bits per heavy atom. The predicted molar refractivity (Wildman–Crippen MR) is 71.5 cm³/mol. The molecular formula is C14H18N2O4. The first-order valence-corrected chi connectivity index (χ1v) is 6.78. The number of nitrogens with two attached hydrogens (primary N) is 1. The summed E-state index contributed by atoms with van der Waals surface area (Å²) in [7, 11) is 0. The maximum Gasteiger partial charge on any atom is 0.259 e. The normalized spacial score (nSPS) is 32.0. The second-order valence-electron chi connectivity index (χ2n) is 5.39. The largest absolute Gasteiger partial charge is 0.507 e. The van der Waals surface area contributed by atoms with E-state index in [1.54, 1.807) is 0 Å². The lowest BCUT2D eigenvalue weighted by Crippen LogP contribution is -2.72. The highest BCUT2D eigenvalue weighted by Gasteiger charge is 2.51. The molecule has 2 fully saturated rings. The summed E-state index contributed by atoms with van der Waals surface area (Å²) < 4.78 is 5.64. The Morgan fingerprint density at radius 3 is 2.75 bits per heavy atom. The molecule has 108 valence electrons. The number of amides is 1. The molecule has 0 spiro atoms. The van der Waals surface area contributed by atoms with Gasteiger partial charge in [-0.15, -0.1) is 0 Å². The van der Waals surface area contributed by atoms with Crippen LogP contribution in [-0.2, 0) is 4.74 Å². The number of aromatic hydroxyl groups is 2. The van der Waals surface area contributed by atoms with E-state index in [2.05, 4.69) is 5.32 Å². The summed E-state index contributed by atoms with van der Waals surface area (Å²) in [5, 5.41) is 22.1. The molecule has 0 radical (unpaired) electrons. The van der Waals surface area contributed by atoms with E-state index in [0.29, 0.717) is 6.61 Å². The highest BCUT2D eigenvalue weighted by Crippen LogP contribution is 2.37. The summed E-state index contributed by atoms with van der Waals surface area (Å²) >= 11 is 0. The molecule has 1 aromatic rings. The van der Waals surface area contributed by atoms with E-state index < -0.39 is 5.91 Å². The Kier molecular flexibility index (Phi) is 3.27. The first-order valence-electron chi connectivity index (χ1n) is 6.78. The third-order valence-electron chi connectivity index (χ3n) is 4.22. The molecule has 1 amide bonds. The number of carbonyl (C=O) groups is 1. The van der Waals surface area contributed by atoms with Crippen molar-refractivity contribution in [2.75, 3.05) is 6.61 Å². The Balaban J connectivity index is 1.73. The Bertz CT molecular complexity index is 514. The predicted octanol–water partition coefficient (Wildman–Crippen LogP) is 0.332. The van der Waals surface area contributed by atoms with Crippen LogP contribution in [0.15, 0.2) is 18.2 Å². The van der Waals surface area contributed by atoms with Crippen LogP contribution in [-0.4, -0.2) is 40.9 Å². The van der Waals surface area contributed by atoms with Crippen molar-refractivity contribution in [2.45, 2.75) is 31.0 Å². The minimum absolute atomic E-state index is 0.0595. The zero-order valence-corrected chi connectivity index (χ0v) is 11.0. The van der Waals surface area contributed by atoms with Crippen LogP contribution < -0.4 is 11.1 Å². The van der Waals surface area contributed by atoms with Gasteiger partial charge in [0.2, 0.25) is 0 Å². The fourth-order valence-electron chi connectivity index (χ4n) is 3.11. The quantitative estimate of drug-likeness (QED) is 0.624. The molecule has 6 heteroatoms. The maximum atomic E-state index is 12.2. The molecule has 5 N–H and O–H groups in total. The molecule has 6 nitrogen and oxygen atoms in total. The van der Waals surface area contributed by atoms with Crippen LogP contribution in [0.25, 0.3) is 0 Å². The summed E-state index contributed by atoms with van der Waals surface area (Å²) in [4.78, 5) is 12.2. The fourth-order valence-corrected chi connectivity index (χ4v) is 3.11. The summed E-state index contributed by atoms with van der Waals surface area (Å²) in [5.74, 6) is -0.756. The van der Waals surface area contributed by atoms with Crippen LogP contribution in [0.2, 0.25) is 0 Å². The summed E-state index contributed by atoms with van der Waals surface area (Å²) in [6, 6.07) is 3.77. The molecule has 1 saturated heterocycles. The van der Waals surface area contributed by atoms with Gasteiger partial charge in [-0.2, -0.15) is 0 Å². The van der Waals surface area contributed by atoms with Gasteiger partial charge in [-0.1, -0.05) is 6.07 Å². The molecule has 1 saturated carbocycles. The van der Waals surface area contributed by atoms with Crippen molar-refractivity contribution in [1.29, 1.82) is 0 Å². The molecule has 4 unspecified atom stereocenters. The van der Waals surface area contributed by atoms with Gasteiger partial charge >= 0.3 is 0 Å². The summed E-state index contributed by atoms with van der Waals surface area (Å²) in [5.41, 5.74) is 5.93. The topological polar surface area (TPSA) is 105 Å². The van der Waals surface area contributed by atoms with Crippen molar-refractivity contribution in [3.05, 3.63) is 23.8 Å². The third-order valence-corrected chi connectivity index (χ3v) is 4.22. The van der Waals surface area contributed by atoms with E-state index >= 15 is 0 Å². The molecule has 2 aliphatic rings. The van der Waals surface area contributed by atoms with Gasteiger partial charge in [-0.3, -0.25) is 4.79 Å². The monoisotopic (exact) mass is 278 g/mol. The number of fused-ring (bicyclic) bond motifs is 1. The number of nitrogens with one attached hydrogen (secondary N) is 1. The van der Waals surface area contributed by atoms with Gasteiger partial charge < -0.3 is 26.0 Å². The van der Waals surface area contributed by atoms with Gasteiger partial charge in [0.1, 0.15) is 17.1 Å². The highest BCUT2D eigenvalue weighted by molar-refractivity contribution is 5.99. The maximum absolute atomic E-state index is 12.2. The number of phenols is 2. The van der Waals surface area contributed by atoms with Gasteiger partial charge in [0.25, 0.3) is 5.91 Å². The average Bonchev–Trinajstić information content (AvgIpc) is 2.44. The lowest BCUT2D eigenvalue weighted by Gasteiger charge is -2.52. The lowest BCUT2D eigenvalue weighted by molar-refractivity contribution is -0.117. The van der Waals surface area contributed by atoms with Crippen molar-refractivity contribution < 1.29 is 19.7 Å². The van der Waals surface area contributed by atoms with Crippen LogP contribution in [0.4, 0.5) is 0 Å². The SMILES string of the molecule is NC1C2CCCOC2C1NC(=O)c1c(O)cccc1O. The van der Waals surface area contributed by atoms with E-state index in [9.17, 15) is 15.0 Å². The Morgan fingerprint density at radius 1 is 1.35 bits per heavy atom. The zero-order valence-electron chi connectivity index (χ0n) is 11.0. The summed E-state index contributed by atoms with van der Waals surface area (Å²) in [6.07, 6.45) is 1.95. The van der Waals surface area contributed by atoms with Crippen LogP contribution in [0.3, 0.4) is 0 Å². The number of hydrogen-bond acceptors (Lipinski definition) is 5. The van der Waals surface area contributed by atoms with Gasteiger partial charge in [0.15, 0.2) is 0 Å². The van der Waals surface area contributed by atoms with Crippen molar-refractivity contribution in [2.24, 2.45) is 11.7 Å². The smallest absolute Gasteiger partial charge is 0.259 e. The average molecular weight is 278 g/mol. The minimum atomic E-state index is -0.534. The third kappa shape index (κ3) is 2.01. The highest BCUT2D eigenvalue weighted by atomic mass is 16.5. The van der Waals surface area contributed by atoms with Gasteiger partial charge in [0.05, 0.1) is 12.1 Å². The zero-order chi connectivity index (χ0) is 14.3. The second kappa shape index (κ2) is 4.96. The molecule has 20 heavy (non-hydrogen) atoms. The molecule has 4 atom stereocenters. The second-order valence-corrected chi connectivity index (χ2v) is 5.39. The van der Waals surface area contributed by atoms with E-state index in [4.69, 9.17) is 10.5 Å². The first kappa shape index (κ1) is 13.2. The molecule has 1 heterocycles. The van der Waals surface area contributed by atoms with Crippen molar-refractivity contribution in [1.82, 2.24) is 5.32 Å². The van der Waals surface area contributed by atoms with Crippen LogP contribution in [0, 0.1) is 5.92 Å². The molecule has 1 aliphatic heterocycles. The Labute approximate surface area is 116 Å². The van der Waals surface area contributed by atoms with E-state index in [-0.39, 0.29) is 41.2 Å². The fraction of sp³-hybridized carbons (Fsp3) is 0.500. The van der Waals surface area contributed by atoms with E-state index in [1.807, 2.05) is 0 Å². The minimum Gasteiger partial charge on any atom is -0.507 e. The molecular weight excluding hydrogens is 260 g/mol. The lowest BCUT2D eigenvalue weighted by atomic mass is 9.68. The van der Waals surface area contributed by atoms with Crippen molar-refractivity contribution in [3.8, 4) is 11.5 Å². The van der Waals surface area contributed by atoms with E-state index in [0.717, 1.165) is 12.8 Å². The molecule has 1 aromatic carbocycles. The van der Waals surface area contributed by atoms with Gasteiger partial charge in [-0.25, -0.2) is 0 Å². The number of ether oxygens (including phenoxy) is 1. The first-order chi connectivity index (χ1) is 9.59. The van der Waals surface area contributed by atoms with Crippen molar-refractivity contribution in [3.63, 3.8) is 0 Å². The molecule has 3 rings (SSSR count). The number of benzene rings is 1. The number of carbonyl (C=O) groups excluding carboxylic acids is 1. The van der Waals surface area contributed by atoms with Crippen LogP contribution in [0.1, 0.15) is 23.2 Å².